The highest BCUT2D eigenvalue weighted by atomic mass is 32.2. The number of carbonyl (C=O) groups is 1. The van der Waals surface area contributed by atoms with Crippen LogP contribution >= 0.6 is 0 Å². The number of hydrogen-bond acceptors (Lipinski definition) is 4. The summed E-state index contributed by atoms with van der Waals surface area (Å²) in [5.41, 5.74) is 0.857. The predicted octanol–water partition coefficient (Wildman–Crippen LogP) is 1.81. The first kappa shape index (κ1) is 14.6. The van der Waals surface area contributed by atoms with Gasteiger partial charge in [0.25, 0.3) is 0 Å². The van der Waals surface area contributed by atoms with Gasteiger partial charge in [0.1, 0.15) is 5.75 Å². The molecule has 0 saturated heterocycles. The molecule has 1 saturated carbocycles. The fourth-order valence-corrected chi connectivity index (χ4v) is 2.54. The van der Waals surface area contributed by atoms with E-state index in [0.29, 0.717) is 17.1 Å². The lowest BCUT2D eigenvalue weighted by molar-refractivity contribution is -0.122. The highest BCUT2D eigenvalue weighted by Crippen LogP contribution is 2.31. The van der Waals surface area contributed by atoms with Crippen LogP contribution in [0.4, 0.5) is 11.4 Å². The summed E-state index contributed by atoms with van der Waals surface area (Å²) in [5.74, 6) is 0.451. The standard InChI is InChI=1S/C13H18N2O4S/c1-19-12-7-6-10(8-11(12)15-20(2,17)18)14-13(16)9-4-3-5-9/h6-9,15H,3-5H2,1-2H3,(H,14,16). The molecule has 6 nitrogen and oxygen atoms in total. The lowest BCUT2D eigenvalue weighted by Crippen LogP contribution is -2.28. The third-order valence-electron chi connectivity index (χ3n) is 3.24. The largest absolute Gasteiger partial charge is 0.495 e. The average molecular weight is 298 g/mol. The Bertz CT molecular complexity index is 609. The van der Waals surface area contributed by atoms with E-state index in [1.54, 1.807) is 18.2 Å². The smallest absolute Gasteiger partial charge is 0.229 e. The zero-order chi connectivity index (χ0) is 14.8. The lowest BCUT2D eigenvalue weighted by atomic mass is 9.85. The molecule has 0 radical (unpaired) electrons. The Labute approximate surface area is 118 Å². The molecule has 20 heavy (non-hydrogen) atoms. The van der Waals surface area contributed by atoms with E-state index in [0.717, 1.165) is 25.5 Å². The summed E-state index contributed by atoms with van der Waals surface area (Å²) in [7, 11) is -1.95. The van der Waals surface area contributed by atoms with Crippen LogP contribution in [0.3, 0.4) is 0 Å². The first-order valence-corrected chi connectivity index (χ1v) is 8.25. The number of anilines is 2. The van der Waals surface area contributed by atoms with Crippen LogP contribution in [0.2, 0.25) is 0 Å². The number of methoxy groups -OCH3 is 1. The number of hydrogen-bond donors (Lipinski definition) is 2. The Hall–Kier alpha value is -1.76. The Balaban J connectivity index is 2.17. The molecule has 110 valence electrons. The summed E-state index contributed by atoms with van der Waals surface area (Å²) >= 11 is 0. The quantitative estimate of drug-likeness (QED) is 0.868. The molecular weight excluding hydrogens is 280 g/mol. The summed E-state index contributed by atoms with van der Waals surface area (Å²) in [6.07, 6.45) is 3.97. The first-order valence-electron chi connectivity index (χ1n) is 6.36. The second-order valence-corrected chi connectivity index (χ2v) is 6.65. The molecule has 1 amide bonds. The molecule has 1 aromatic carbocycles. The van der Waals surface area contributed by atoms with E-state index in [2.05, 4.69) is 10.0 Å². The van der Waals surface area contributed by atoms with Crippen molar-refractivity contribution in [2.24, 2.45) is 5.92 Å². The SMILES string of the molecule is COc1ccc(NC(=O)C2CCC2)cc1NS(C)(=O)=O. The Morgan fingerprint density at radius 3 is 2.55 bits per heavy atom. The van der Waals surface area contributed by atoms with Gasteiger partial charge in [-0.3, -0.25) is 9.52 Å². The van der Waals surface area contributed by atoms with Crippen LogP contribution in [-0.2, 0) is 14.8 Å². The third-order valence-corrected chi connectivity index (χ3v) is 3.83. The Morgan fingerprint density at radius 1 is 1.35 bits per heavy atom. The number of benzene rings is 1. The van der Waals surface area contributed by atoms with Crippen LogP contribution in [0.1, 0.15) is 19.3 Å². The van der Waals surface area contributed by atoms with Crippen LogP contribution in [-0.4, -0.2) is 27.7 Å². The molecule has 0 spiro atoms. The summed E-state index contributed by atoms with van der Waals surface area (Å²) < 4.78 is 30.1. The molecule has 0 heterocycles. The normalized spacial score (nSPS) is 15.3. The molecule has 0 atom stereocenters. The van der Waals surface area contributed by atoms with Crippen molar-refractivity contribution in [1.29, 1.82) is 0 Å². The lowest BCUT2D eigenvalue weighted by Gasteiger charge is -2.24. The number of sulfonamides is 1. The van der Waals surface area contributed by atoms with Gasteiger partial charge < -0.3 is 10.1 Å². The van der Waals surface area contributed by atoms with Gasteiger partial charge in [0.2, 0.25) is 15.9 Å². The first-order chi connectivity index (χ1) is 9.39. The number of carbonyl (C=O) groups excluding carboxylic acids is 1. The molecule has 1 aliphatic rings. The molecule has 1 aromatic rings. The second kappa shape index (κ2) is 5.70. The van der Waals surface area contributed by atoms with E-state index in [1.165, 1.54) is 7.11 Å². The summed E-state index contributed by atoms with van der Waals surface area (Å²) in [6, 6.07) is 4.85. The van der Waals surface area contributed by atoms with Gasteiger partial charge in [-0.2, -0.15) is 0 Å². The van der Waals surface area contributed by atoms with E-state index < -0.39 is 10.0 Å². The maximum Gasteiger partial charge on any atom is 0.229 e. The molecule has 1 fully saturated rings. The minimum absolute atomic E-state index is 0.0216. The molecular formula is C13H18N2O4S. The number of ether oxygens (including phenoxy) is 1. The van der Waals surface area contributed by atoms with Crippen molar-refractivity contribution in [2.45, 2.75) is 19.3 Å². The zero-order valence-corrected chi connectivity index (χ0v) is 12.3. The highest BCUT2D eigenvalue weighted by molar-refractivity contribution is 7.92. The molecule has 1 aliphatic carbocycles. The molecule has 2 N–H and O–H groups in total. The van der Waals surface area contributed by atoms with Crippen molar-refractivity contribution < 1.29 is 17.9 Å². The van der Waals surface area contributed by atoms with E-state index in [4.69, 9.17) is 4.74 Å². The topological polar surface area (TPSA) is 84.5 Å². The highest BCUT2D eigenvalue weighted by Gasteiger charge is 2.25. The van der Waals surface area contributed by atoms with Crippen LogP contribution in [0.15, 0.2) is 18.2 Å². The van der Waals surface area contributed by atoms with Gasteiger partial charge in [-0.05, 0) is 31.0 Å². The van der Waals surface area contributed by atoms with Gasteiger partial charge in [0.15, 0.2) is 0 Å². The predicted molar refractivity (Wildman–Crippen MR) is 77.4 cm³/mol. The molecule has 0 bridgehead atoms. The Kier molecular flexibility index (Phi) is 4.17. The van der Waals surface area contributed by atoms with E-state index in [1.807, 2.05) is 0 Å². The number of amides is 1. The summed E-state index contributed by atoms with van der Waals surface area (Å²) in [5, 5.41) is 2.79. The van der Waals surface area contributed by atoms with Gasteiger partial charge in [0, 0.05) is 11.6 Å². The van der Waals surface area contributed by atoms with Gasteiger partial charge in [-0.15, -0.1) is 0 Å². The zero-order valence-electron chi connectivity index (χ0n) is 11.5. The van der Waals surface area contributed by atoms with E-state index in [-0.39, 0.29) is 11.8 Å². The molecule has 0 aliphatic heterocycles. The van der Waals surface area contributed by atoms with Gasteiger partial charge in [-0.25, -0.2) is 8.42 Å². The fraction of sp³-hybridized carbons (Fsp3) is 0.462. The molecule has 2 rings (SSSR count). The minimum Gasteiger partial charge on any atom is -0.495 e. The van der Waals surface area contributed by atoms with Crippen molar-refractivity contribution >= 4 is 27.3 Å². The van der Waals surface area contributed by atoms with Crippen LogP contribution in [0, 0.1) is 5.92 Å². The van der Waals surface area contributed by atoms with Crippen LogP contribution in [0.25, 0.3) is 0 Å². The van der Waals surface area contributed by atoms with Crippen molar-refractivity contribution in [3.63, 3.8) is 0 Å². The maximum absolute atomic E-state index is 11.9. The number of rotatable bonds is 5. The molecule has 0 aromatic heterocycles. The molecule has 0 unspecified atom stereocenters. The van der Waals surface area contributed by atoms with Crippen molar-refractivity contribution in [1.82, 2.24) is 0 Å². The second-order valence-electron chi connectivity index (χ2n) is 4.91. The van der Waals surface area contributed by atoms with Crippen molar-refractivity contribution in [2.75, 3.05) is 23.4 Å². The minimum atomic E-state index is -3.41. The molecule has 7 heteroatoms. The van der Waals surface area contributed by atoms with Gasteiger partial charge in [-0.1, -0.05) is 6.42 Å². The van der Waals surface area contributed by atoms with Gasteiger partial charge >= 0.3 is 0 Å². The monoisotopic (exact) mass is 298 g/mol. The summed E-state index contributed by atoms with van der Waals surface area (Å²) in [6.45, 7) is 0. The maximum atomic E-state index is 11.9. The number of nitrogens with one attached hydrogen (secondary N) is 2. The average Bonchev–Trinajstić information content (AvgIpc) is 2.24. The third kappa shape index (κ3) is 3.63. The van der Waals surface area contributed by atoms with Crippen LogP contribution < -0.4 is 14.8 Å². The van der Waals surface area contributed by atoms with Crippen LogP contribution in [0.5, 0.6) is 5.75 Å². The van der Waals surface area contributed by atoms with E-state index in [9.17, 15) is 13.2 Å². The summed E-state index contributed by atoms with van der Waals surface area (Å²) in [4.78, 5) is 11.9. The van der Waals surface area contributed by atoms with Crippen molar-refractivity contribution in [3.05, 3.63) is 18.2 Å². The Morgan fingerprint density at radius 2 is 2.05 bits per heavy atom. The van der Waals surface area contributed by atoms with Gasteiger partial charge in [0.05, 0.1) is 19.1 Å². The van der Waals surface area contributed by atoms with E-state index >= 15 is 0 Å². The van der Waals surface area contributed by atoms with Crippen molar-refractivity contribution in [3.8, 4) is 5.75 Å². The fourth-order valence-electron chi connectivity index (χ4n) is 1.98.